The van der Waals surface area contributed by atoms with Crippen LogP contribution in [0.15, 0.2) is 85.1 Å². The number of hydrogen-bond acceptors (Lipinski definition) is 10. The van der Waals surface area contributed by atoms with Crippen LogP contribution in [0.4, 0.5) is 0 Å². The van der Waals surface area contributed by atoms with Crippen LogP contribution in [0.5, 0.6) is 11.6 Å². The molecule has 0 bridgehead atoms. The van der Waals surface area contributed by atoms with Crippen molar-refractivity contribution in [1.82, 2.24) is 25.8 Å². The first-order chi connectivity index (χ1) is 33.2. The van der Waals surface area contributed by atoms with E-state index in [1.54, 1.807) is 42.6 Å². The third kappa shape index (κ3) is 11.8. The lowest BCUT2D eigenvalue weighted by molar-refractivity contribution is -0.164. The molecule has 14 nitrogen and oxygen atoms in total. The lowest BCUT2D eigenvalue weighted by Gasteiger charge is -2.63. The summed E-state index contributed by atoms with van der Waals surface area (Å²) in [5.41, 5.74) is 3.35. The SMILES string of the molecule is C[C@H](NC(=O)[C@@H]1C[C@@H](O)CN1C(=O)C(NC(=O)COCCOc1ccc(-c2ccc(C(=O)N[C@H]3C(C)(C)[C@H](Oc4ccc(C#N)c(Cl)c4)C3(C)C)cc2)cn1)C(C)(C)C)c1ccc(C2CCCC2)cc1. The molecule has 3 aromatic carbocycles. The summed E-state index contributed by atoms with van der Waals surface area (Å²) in [6.07, 6.45) is 5.60. The molecule has 3 fully saturated rings. The minimum absolute atomic E-state index is 0.0189. The number of halogens is 1. The van der Waals surface area contributed by atoms with Crippen molar-refractivity contribution in [2.75, 3.05) is 26.4 Å². The summed E-state index contributed by atoms with van der Waals surface area (Å²) >= 11 is 6.25. The molecular formula is C55H67ClN6O8. The summed E-state index contributed by atoms with van der Waals surface area (Å²) in [5.74, 6) is 0.0230. The van der Waals surface area contributed by atoms with Gasteiger partial charge in [0.2, 0.25) is 23.6 Å². The van der Waals surface area contributed by atoms with E-state index in [-0.39, 0.29) is 62.8 Å². The molecule has 15 heteroatoms. The van der Waals surface area contributed by atoms with Crippen molar-refractivity contribution in [2.45, 2.75) is 130 Å². The first-order valence-electron chi connectivity index (χ1n) is 24.3. The Hall–Kier alpha value is -6.01. The van der Waals surface area contributed by atoms with Crippen molar-refractivity contribution in [3.05, 3.63) is 112 Å². The van der Waals surface area contributed by atoms with Gasteiger partial charge in [-0.1, -0.05) is 109 Å². The van der Waals surface area contributed by atoms with Gasteiger partial charge in [0.1, 0.15) is 43.2 Å². The number of likely N-dealkylation sites (tertiary alicyclic amines) is 1. The highest BCUT2D eigenvalue weighted by molar-refractivity contribution is 6.31. The Kier molecular flexibility index (Phi) is 16.0. The number of carbonyl (C=O) groups excluding carboxylic acids is 4. The van der Waals surface area contributed by atoms with Gasteiger partial charge in [0, 0.05) is 59.3 Å². The van der Waals surface area contributed by atoms with Crippen LogP contribution in [-0.2, 0) is 19.1 Å². The molecule has 2 heterocycles. The lowest BCUT2D eigenvalue weighted by atomic mass is 9.49. The fourth-order valence-corrected chi connectivity index (χ4v) is 10.9. The summed E-state index contributed by atoms with van der Waals surface area (Å²) in [5, 5.41) is 29.3. The van der Waals surface area contributed by atoms with Crippen LogP contribution in [0.3, 0.4) is 0 Å². The first-order valence-corrected chi connectivity index (χ1v) is 24.7. The highest BCUT2D eigenvalue weighted by Crippen LogP contribution is 2.55. The highest BCUT2D eigenvalue weighted by Gasteiger charge is 2.64. The van der Waals surface area contributed by atoms with Crippen LogP contribution < -0.4 is 25.4 Å². The molecule has 4 amide bonds. The summed E-state index contributed by atoms with van der Waals surface area (Å²) in [7, 11) is 0. The van der Waals surface area contributed by atoms with Gasteiger partial charge in [0.25, 0.3) is 5.91 Å². The number of carbonyl (C=O) groups is 4. The number of nitrogens with one attached hydrogen (secondary N) is 3. The molecule has 1 unspecified atom stereocenters. The standard InChI is InChI=1S/C55H67ClN6O8/c1-33(34-13-15-36(16-14-34)35-11-9-10-12-35)59-49(66)44-27-41(63)31-62(44)50(67)47(53(2,3)4)60-45(64)32-68-25-26-69-46-24-22-40(30-58-46)37-17-19-38(20-18-37)48(65)61-51-54(5,6)52(55(51,7)8)70-42-23-21-39(29-57)43(56)28-42/h13-24,28,30,33,35,41,44,47,51-52,63H,9-12,25-27,31-32H2,1-8H3,(H,59,66)(H,60,64)(H,61,65)/t33-,41+,44-,47?,51-,52-/m0/s1. The van der Waals surface area contributed by atoms with Crippen LogP contribution in [0.2, 0.25) is 5.02 Å². The molecule has 3 aliphatic rings. The van der Waals surface area contributed by atoms with Crippen LogP contribution in [0.25, 0.3) is 11.1 Å². The van der Waals surface area contributed by atoms with Crippen molar-refractivity contribution in [3.8, 4) is 28.8 Å². The average molecular weight is 976 g/mol. The summed E-state index contributed by atoms with van der Waals surface area (Å²) in [4.78, 5) is 60.2. The van der Waals surface area contributed by atoms with Crippen LogP contribution in [0.1, 0.15) is 127 Å². The summed E-state index contributed by atoms with van der Waals surface area (Å²) < 4.78 is 17.7. The van der Waals surface area contributed by atoms with Gasteiger partial charge in [-0.25, -0.2) is 4.98 Å². The molecule has 2 saturated carbocycles. The number of aliphatic hydroxyl groups is 1. The molecule has 372 valence electrons. The Bertz CT molecular complexity index is 2530. The monoisotopic (exact) mass is 974 g/mol. The number of ether oxygens (including phenoxy) is 3. The molecular weight excluding hydrogens is 908 g/mol. The number of nitrogens with zero attached hydrogens (tertiary/aromatic N) is 3. The maximum atomic E-state index is 14.1. The van der Waals surface area contributed by atoms with Crippen LogP contribution in [-0.4, -0.2) is 95.3 Å². The van der Waals surface area contributed by atoms with Gasteiger partial charge in [0.15, 0.2) is 0 Å². The number of aliphatic hydroxyl groups excluding tert-OH is 1. The molecule has 4 atom stereocenters. The minimum Gasteiger partial charge on any atom is -0.489 e. The summed E-state index contributed by atoms with van der Waals surface area (Å²) in [6.45, 7) is 15.5. The highest BCUT2D eigenvalue weighted by atomic mass is 35.5. The molecule has 0 radical (unpaired) electrons. The van der Waals surface area contributed by atoms with Crippen molar-refractivity contribution < 1.29 is 38.5 Å². The van der Waals surface area contributed by atoms with Crippen LogP contribution >= 0.6 is 11.6 Å². The van der Waals surface area contributed by atoms with Crippen molar-refractivity contribution >= 4 is 35.2 Å². The zero-order valence-electron chi connectivity index (χ0n) is 41.5. The minimum atomic E-state index is -0.984. The second-order valence-corrected chi connectivity index (χ2v) is 21.7. The molecule has 1 saturated heterocycles. The van der Waals surface area contributed by atoms with Crippen LogP contribution in [0, 0.1) is 27.6 Å². The Morgan fingerprint density at radius 1 is 0.914 bits per heavy atom. The summed E-state index contributed by atoms with van der Waals surface area (Å²) in [6, 6.07) is 24.0. The van der Waals surface area contributed by atoms with Gasteiger partial charge < -0.3 is 40.2 Å². The number of rotatable bonds is 17. The van der Waals surface area contributed by atoms with E-state index in [4.69, 9.17) is 25.8 Å². The van der Waals surface area contributed by atoms with E-state index in [1.165, 1.54) is 36.1 Å². The predicted octanol–water partition coefficient (Wildman–Crippen LogP) is 8.31. The molecule has 1 aromatic heterocycles. The van der Waals surface area contributed by atoms with Gasteiger partial charge >= 0.3 is 0 Å². The second kappa shape index (κ2) is 21.5. The van der Waals surface area contributed by atoms with Gasteiger partial charge in [-0.15, -0.1) is 0 Å². The Balaban J connectivity index is 0.843. The predicted molar refractivity (Wildman–Crippen MR) is 267 cm³/mol. The Morgan fingerprint density at radius 2 is 1.59 bits per heavy atom. The number of pyridine rings is 1. The van der Waals surface area contributed by atoms with E-state index in [0.717, 1.165) is 16.7 Å². The third-order valence-corrected chi connectivity index (χ3v) is 14.6. The van der Waals surface area contributed by atoms with E-state index in [9.17, 15) is 29.5 Å². The smallest absolute Gasteiger partial charge is 0.251 e. The quantitative estimate of drug-likeness (QED) is 0.0749. The van der Waals surface area contributed by atoms with Gasteiger partial charge in [-0.2, -0.15) is 5.26 Å². The number of benzene rings is 3. The van der Waals surface area contributed by atoms with E-state index in [1.807, 2.05) is 45.9 Å². The molecule has 4 N–H and O–H groups in total. The first kappa shape index (κ1) is 51.8. The molecule has 70 heavy (non-hydrogen) atoms. The molecule has 1 aliphatic heterocycles. The average Bonchev–Trinajstić information content (AvgIpc) is 4.02. The second-order valence-electron chi connectivity index (χ2n) is 21.3. The fraction of sp³-hybridized carbons (Fsp3) is 0.491. The maximum Gasteiger partial charge on any atom is 0.251 e. The normalized spacial score (nSPS) is 21.4. The molecule has 2 aliphatic carbocycles. The van der Waals surface area contributed by atoms with Crippen molar-refractivity contribution in [3.63, 3.8) is 0 Å². The van der Waals surface area contributed by atoms with Crippen molar-refractivity contribution in [2.24, 2.45) is 16.2 Å². The lowest BCUT2D eigenvalue weighted by Crippen LogP contribution is -2.74. The fourth-order valence-electron chi connectivity index (χ4n) is 10.7. The Labute approximate surface area is 416 Å². The maximum absolute atomic E-state index is 14.1. The van der Waals surface area contributed by atoms with Crippen molar-refractivity contribution in [1.29, 1.82) is 5.26 Å². The van der Waals surface area contributed by atoms with Gasteiger partial charge in [-0.05, 0) is 78.1 Å². The zero-order valence-corrected chi connectivity index (χ0v) is 42.3. The van der Waals surface area contributed by atoms with E-state index in [2.05, 4.69) is 79.0 Å². The number of aromatic nitrogens is 1. The third-order valence-electron chi connectivity index (χ3n) is 14.3. The number of amides is 4. The van der Waals surface area contributed by atoms with Gasteiger partial charge in [-0.3, -0.25) is 19.2 Å². The number of hydrogen-bond donors (Lipinski definition) is 4. The number of β-amino-alcohol motifs (C(OH)–C–C–N with tert-alkyl or cyclic N) is 1. The molecule has 0 spiro atoms. The van der Waals surface area contributed by atoms with E-state index >= 15 is 0 Å². The topological polar surface area (TPSA) is 192 Å². The van der Waals surface area contributed by atoms with E-state index < -0.39 is 46.2 Å². The zero-order chi connectivity index (χ0) is 50.5. The molecule has 4 aromatic rings. The number of nitriles is 1. The Morgan fingerprint density at radius 3 is 2.20 bits per heavy atom. The molecule has 7 rings (SSSR count). The van der Waals surface area contributed by atoms with Gasteiger partial charge in [0.05, 0.1) is 29.3 Å². The van der Waals surface area contributed by atoms with E-state index in [0.29, 0.717) is 33.7 Å². The largest absolute Gasteiger partial charge is 0.489 e.